The van der Waals surface area contributed by atoms with E-state index in [1.54, 1.807) is 6.08 Å². The maximum atomic E-state index is 12.1. The van der Waals surface area contributed by atoms with E-state index >= 15 is 0 Å². The number of carbonyl (C=O) groups excluding carboxylic acids is 2. The van der Waals surface area contributed by atoms with Crippen LogP contribution in [0, 0.1) is 0 Å². The molecule has 1 aromatic heterocycles. The van der Waals surface area contributed by atoms with Gasteiger partial charge < -0.3 is 5.32 Å². The molecule has 0 aliphatic heterocycles. The summed E-state index contributed by atoms with van der Waals surface area (Å²) >= 11 is 2.51. The third-order valence-electron chi connectivity index (χ3n) is 3.84. The summed E-state index contributed by atoms with van der Waals surface area (Å²) in [6.45, 7) is 2.09. The standard InChI is InChI=1S/C21H20N4O2S2/c1-2-15-8-11-17(12-9-15)22-19(27)14-28-21-25-24-20(29-21)23-18(26)13-10-16-6-4-3-5-7-16/h3-13H,2,14H2,1H3,(H,22,27)(H,23,24,26)/b13-10+. The quantitative estimate of drug-likeness (QED) is 0.316. The van der Waals surface area contributed by atoms with E-state index in [0.717, 1.165) is 17.7 Å². The normalized spacial score (nSPS) is 10.8. The molecule has 29 heavy (non-hydrogen) atoms. The molecule has 0 aliphatic carbocycles. The van der Waals surface area contributed by atoms with Crippen LogP contribution >= 0.6 is 23.1 Å². The molecule has 0 saturated heterocycles. The lowest BCUT2D eigenvalue weighted by Gasteiger charge is -2.05. The fourth-order valence-corrected chi connectivity index (χ4v) is 3.90. The zero-order valence-electron chi connectivity index (χ0n) is 15.8. The first kappa shape index (κ1) is 20.8. The van der Waals surface area contributed by atoms with Gasteiger partial charge in [-0.2, -0.15) is 0 Å². The van der Waals surface area contributed by atoms with Gasteiger partial charge in [-0.25, -0.2) is 0 Å². The number of hydrogen-bond donors (Lipinski definition) is 2. The number of rotatable bonds is 8. The Morgan fingerprint density at radius 1 is 1.03 bits per heavy atom. The van der Waals surface area contributed by atoms with Crippen molar-refractivity contribution in [2.75, 3.05) is 16.4 Å². The van der Waals surface area contributed by atoms with Crippen LogP contribution < -0.4 is 10.6 Å². The lowest BCUT2D eigenvalue weighted by molar-refractivity contribution is -0.114. The molecule has 2 amide bonds. The van der Waals surface area contributed by atoms with Gasteiger partial charge in [0.25, 0.3) is 0 Å². The molecular weight excluding hydrogens is 404 g/mol. The van der Waals surface area contributed by atoms with Gasteiger partial charge >= 0.3 is 0 Å². The molecule has 8 heteroatoms. The highest BCUT2D eigenvalue weighted by atomic mass is 32.2. The van der Waals surface area contributed by atoms with Crippen molar-refractivity contribution in [3.05, 3.63) is 71.8 Å². The van der Waals surface area contributed by atoms with Gasteiger partial charge in [-0.3, -0.25) is 14.9 Å². The molecule has 0 bridgehead atoms. The van der Waals surface area contributed by atoms with E-state index in [1.807, 2.05) is 54.6 Å². The van der Waals surface area contributed by atoms with Crippen molar-refractivity contribution >= 4 is 51.8 Å². The molecule has 0 atom stereocenters. The van der Waals surface area contributed by atoms with Crippen molar-refractivity contribution < 1.29 is 9.59 Å². The first-order valence-electron chi connectivity index (χ1n) is 9.01. The summed E-state index contributed by atoms with van der Waals surface area (Å²) in [7, 11) is 0. The van der Waals surface area contributed by atoms with E-state index in [9.17, 15) is 9.59 Å². The summed E-state index contributed by atoms with van der Waals surface area (Å²) in [6.07, 6.45) is 4.13. The van der Waals surface area contributed by atoms with Crippen molar-refractivity contribution in [3.63, 3.8) is 0 Å². The molecule has 0 unspecified atom stereocenters. The number of carbonyl (C=O) groups is 2. The lowest BCUT2D eigenvalue weighted by Crippen LogP contribution is -2.13. The number of hydrogen-bond acceptors (Lipinski definition) is 6. The molecule has 3 rings (SSSR count). The van der Waals surface area contributed by atoms with Crippen LogP contribution in [-0.2, 0) is 16.0 Å². The Morgan fingerprint density at radius 2 is 1.79 bits per heavy atom. The molecular formula is C21H20N4O2S2. The number of aryl methyl sites for hydroxylation is 1. The molecule has 2 aromatic carbocycles. The molecule has 3 aromatic rings. The third-order valence-corrected chi connectivity index (χ3v) is 5.81. The number of anilines is 2. The Balaban J connectivity index is 1.45. The van der Waals surface area contributed by atoms with Crippen LogP contribution in [0.15, 0.2) is 65.0 Å². The smallest absolute Gasteiger partial charge is 0.250 e. The minimum Gasteiger partial charge on any atom is -0.325 e. The Morgan fingerprint density at radius 3 is 2.52 bits per heavy atom. The molecule has 2 N–H and O–H groups in total. The average Bonchev–Trinajstić information content (AvgIpc) is 3.19. The summed E-state index contributed by atoms with van der Waals surface area (Å²) in [4.78, 5) is 24.1. The number of aromatic nitrogens is 2. The van der Waals surface area contributed by atoms with Crippen LogP contribution in [-0.4, -0.2) is 27.8 Å². The van der Waals surface area contributed by atoms with Gasteiger partial charge in [-0.1, -0.05) is 72.5 Å². The molecule has 6 nitrogen and oxygen atoms in total. The summed E-state index contributed by atoms with van der Waals surface area (Å²) in [5.41, 5.74) is 2.93. The van der Waals surface area contributed by atoms with E-state index < -0.39 is 0 Å². The molecule has 0 aliphatic rings. The van der Waals surface area contributed by atoms with Crippen molar-refractivity contribution in [1.82, 2.24) is 10.2 Å². The Bertz CT molecular complexity index is 985. The van der Waals surface area contributed by atoms with Gasteiger partial charge in [0, 0.05) is 11.8 Å². The second kappa shape index (κ2) is 10.5. The van der Waals surface area contributed by atoms with Crippen LogP contribution in [0.4, 0.5) is 10.8 Å². The van der Waals surface area contributed by atoms with Gasteiger partial charge in [0.15, 0.2) is 4.34 Å². The van der Waals surface area contributed by atoms with E-state index in [1.165, 1.54) is 34.7 Å². The SMILES string of the molecule is CCc1ccc(NC(=O)CSc2nnc(NC(=O)/C=C/c3ccccc3)s2)cc1. The summed E-state index contributed by atoms with van der Waals surface area (Å²) in [6, 6.07) is 17.3. The van der Waals surface area contributed by atoms with Gasteiger partial charge in [0.2, 0.25) is 16.9 Å². The third kappa shape index (κ3) is 6.85. The maximum Gasteiger partial charge on any atom is 0.250 e. The molecule has 0 fully saturated rings. The molecule has 1 heterocycles. The highest BCUT2D eigenvalue weighted by Crippen LogP contribution is 2.25. The number of benzene rings is 2. The van der Waals surface area contributed by atoms with Gasteiger partial charge in [-0.15, -0.1) is 10.2 Å². The lowest BCUT2D eigenvalue weighted by atomic mass is 10.1. The number of amides is 2. The molecule has 0 radical (unpaired) electrons. The van der Waals surface area contributed by atoms with E-state index in [-0.39, 0.29) is 17.6 Å². The first-order valence-corrected chi connectivity index (χ1v) is 10.8. The Kier molecular flexibility index (Phi) is 7.54. The van der Waals surface area contributed by atoms with Gasteiger partial charge in [0.05, 0.1) is 5.75 Å². The van der Waals surface area contributed by atoms with Crippen LogP contribution in [0.1, 0.15) is 18.1 Å². The maximum absolute atomic E-state index is 12.1. The van der Waals surface area contributed by atoms with Crippen molar-refractivity contribution in [3.8, 4) is 0 Å². The van der Waals surface area contributed by atoms with E-state index in [4.69, 9.17) is 0 Å². The number of nitrogens with zero attached hydrogens (tertiary/aromatic N) is 2. The Labute approximate surface area is 177 Å². The van der Waals surface area contributed by atoms with Crippen molar-refractivity contribution in [2.45, 2.75) is 17.7 Å². The summed E-state index contributed by atoms with van der Waals surface area (Å²) in [5, 5.41) is 13.9. The minimum atomic E-state index is -0.283. The molecule has 0 saturated carbocycles. The number of nitrogens with one attached hydrogen (secondary N) is 2. The summed E-state index contributed by atoms with van der Waals surface area (Å²) in [5.74, 6) is -0.188. The first-order chi connectivity index (χ1) is 14.1. The molecule has 0 spiro atoms. The fourth-order valence-electron chi connectivity index (χ4n) is 2.35. The van der Waals surface area contributed by atoms with Crippen molar-refractivity contribution in [1.29, 1.82) is 0 Å². The highest BCUT2D eigenvalue weighted by Gasteiger charge is 2.10. The van der Waals surface area contributed by atoms with Crippen LogP contribution in [0.3, 0.4) is 0 Å². The van der Waals surface area contributed by atoms with E-state index in [2.05, 4.69) is 27.8 Å². The van der Waals surface area contributed by atoms with E-state index in [0.29, 0.717) is 9.47 Å². The highest BCUT2D eigenvalue weighted by molar-refractivity contribution is 8.01. The van der Waals surface area contributed by atoms with Crippen LogP contribution in [0.25, 0.3) is 6.08 Å². The predicted octanol–water partition coefficient (Wildman–Crippen LogP) is 4.48. The largest absolute Gasteiger partial charge is 0.325 e. The minimum absolute atomic E-state index is 0.120. The zero-order valence-corrected chi connectivity index (χ0v) is 17.4. The van der Waals surface area contributed by atoms with Gasteiger partial charge in [-0.05, 0) is 35.8 Å². The second-order valence-electron chi connectivity index (χ2n) is 5.99. The second-order valence-corrected chi connectivity index (χ2v) is 8.19. The van der Waals surface area contributed by atoms with Gasteiger partial charge in [0.1, 0.15) is 0 Å². The van der Waals surface area contributed by atoms with Crippen LogP contribution in [0.2, 0.25) is 0 Å². The van der Waals surface area contributed by atoms with Crippen molar-refractivity contribution in [2.24, 2.45) is 0 Å². The predicted molar refractivity (Wildman–Crippen MR) is 119 cm³/mol. The fraction of sp³-hybridized carbons (Fsp3) is 0.143. The Hall–Kier alpha value is -2.97. The monoisotopic (exact) mass is 424 g/mol. The molecule has 148 valence electrons. The zero-order chi connectivity index (χ0) is 20.5. The van der Waals surface area contributed by atoms with Crippen LogP contribution in [0.5, 0.6) is 0 Å². The topological polar surface area (TPSA) is 84.0 Å². The average molecular weight is 425 g/mol. The summed E-state index contributed by atoms with van der Waals surface area (Å²) < 4.78 is 0.615. The number of thioether (sulfide) groups is 1.